The van der Waals surface area contributed by atoms with Crippen molar-refractivity contribution in [3.63, 3.8) is 0 Å². The van der Waals surface area contributed by atoms with Gasteiger partial charge in [-0.2, -0.15) is 0 Å². The average molecular weight is 337 g/mol. The highest BCUT2D eigenvalue weighted by molar-refractivity contribution is 9.15. The molecule has 2 nitrogen and oxygen atoms in total. The molecule has 0 aliphatic heterocycles. The summed E-state index contributed by atoms with van der Waals surface area (Å²) in [6, 6.07) is 15.9. The Kier molecular flexibility index (Phi) is 5.32. The van der Waals surface area contributed by atoms with E-state index in [-0.39, 0.29) is 19.0 Å². The minimum atomic E-state index is -0.311. The number of halogens is 2. The average Bonchev–Trinajstić information content (AvgIpc) is 2.53. The van der Waals surface area contributed by atoms with E-state index >= 15 is 0 Å². The second kappa shape index (κ2) is 7.22. The van der Waals surface area contributed by atoms with Gasteiger partial charge in [-0.15, -0.1) is 0 Å². The molecule has 0 aromatic heterocycles. The number of ether oxygens (including phenoxy) is 1. The lowest BCUT2D eigenvalue weighted by molar-refractivity contribution is 0.201. The summed E-state index contributed by atoms with van der Waals surface area (Å²) in [5, 5.41) is 8.68. The number of aliphatic hydroxyl groups is 1. The molecule has 0 aliphatic carbocycles. The summed E-state index contributed by atoms with van der Waals surface area (Å²) in [5.41, 5.74) is 1.25. The predicted molar refractivity (Wildman–Crippen MR) is 82.3 cm³/mol. The van der Waals surface area contributed by atoms with Gasteiger partial charge in [0.25, 0.3) is 0 Å². The SMILES string of the molecule is OCCOc1ccc(/C(Br)=C(\F)c2ccccc2)cc1. The highest BCUT2D eigenvalue weighted by Crippen LogP contribution is 2.32. The van der Waals surface area contributed by atoms with Crippen molar-refractivity contribution in [2.75, 3.05) is 13.2 Å². The van der Waals surface area contributed by atoms with Crippen LogP contribution in [0.1, 0.15) is 11.1 Å². The molecule has 0 atom stereocenters. The topological polar surface area (TPSA) is 29.5 Å². The summed E-state index contributed by atoms with van der Waals surface area (Å²) < 4.78 is 19.9. The van der Waals surface area contributed by atoms with Gasteiger partial charge < -0.3 is 9.84 Å². The molecule has 0 spiro atoms. The molecular weight excluding hydrogens is 323 g/mol. The molecular formula is C16H14BrFO2. The maximum absolute atomic E-state index is 14.3. The third-order valence-electron chi connectivity index (χ3n) is 2.69. The van der Waals surface area contributed by atoms with Crippen LogP contribution in [0.25, 0.3) is 10.3 Å². The van der Waals surface area contributed by atoms with E-state index in [2.05, 4.69) is 15.9 Å². The zero-order valence-electron chi connectivity index (χ0n) is 10.7. The van der Waals surface area contributed by atoms with Gasteiger partial charge in [0.05, 0.1) is 11.1 Å². The molecule has 0 saturated heterocycles. The van der Waals surface area contributed by atoms with Crippen molar-refractivity contribution >= 4 is 26.2 Å². The molecule has 2 aromatic rings. The maximum atomic E-state index is 14.3. The molecule has 104 valence electrons. The molecule has 0 saturated carbocycles. The minimum Gasteiger partial charge on any atom is -0.491 e. The Hall–Kier alpha value is -1.65. The molecule has 0 heterocycles. The zero-order chi connectivity index (χ0) is 14.4. The summed E-state index contributed by atoms with van der Waals surface area (Å²) in [4.78, 5) is 0. The van der Waals surface area contributed by atoms with E-state index < -0.39 is 0 Å². The van der Waals surface area contributed by atoms with E-state index in [0.717, 1.165) is 5.56 Å². The van der Waals surface area contributed by atoms with E-state index in [9.17, 15) is 4.39 Å². The van der Waals surface area contributed by atoms with Crippen LogP contribution in [-0.4, -0.2) is 18.3 Å². The summed E-state index contributed by atoms with van der Waals surface area (Å²) in [5.74, 6) is 0.331. The zero-order valence-corrected chi connectivity index (χ0v) is 12.3. The molecule has 2 aromatic carbocycles. The summed E-state index contributed by atoms with van der Waals surface area (Å²) in [6.45, 7) is 0.211. The Labute approximate surface area is 125 Å². The lowest BCUT2D eigenvalue weighted by Gasteiger charge is -2.07. The van der Waals surface area contributed by atoms with Crippen molar-refractivity contribution < 1.29 is 14.2 Å². The molecule has 0 bridgehead atoms. The van der Waals surface area contributed by atoms with E-state index in [4.69, 9.17) is 9.84 Å². The van der Waals surface area contributed by atoms with Crippen LogP contribution in [0, 0.1) is 0 Å². The van der Waals surface area contributed by atoms with Crippen molar-refractivity contribution in [1.82, 2.24) is 0 Å². The highest BCUT2D eigenvalue weighted by Gasteiger charge is 2.08. The normalized spacial score (nSPS) is 11.9. The van der Waals surface area contributed by atoms with E-state index in [1.165, 1.54) is 0 Å². The molecule has 0 fully saturated rings. The molecule has 0 unspecified atom stereocenters. The predicted octanol–water partition coefficient (Wildman–Crippen LogP) is 4.25. The van der Waals surface area contributed by atoms with Crippen molar-refractivity contribution in [3.8, 4) is 5.75 Å². The molecule has 20 heavy (non-hydrogen) atoms. The first-order valence-electron chi connectivity index (χ1n) is 6.17. The second-order valence-electron chi connectivity index (χ2n) is 4.09. The molecule has 0 radical (unpaired) electrons. The quantitative estimate of drug-likeness (QED) is 0.827. The van der Waals surface area contributed by atoms with Gasteiger partial charge in [0, 0.05) is 5.56 Å². The third-order valence-corrected chi connectivity index (χ3v) is 3.49. The number of hydrogen-bond acceptors (Lipinski definition) is 2. The largest absolute Gasteiger partial charge is 0.491 e. The molecule has 4 heteroatoms. The van der Waals surface area contributed by atoms with Crippen molar-refractivity contribution in [2.45, 2.75) is 0 Å². The van der Waals surface area contributed by atoms with Crippen LogP contribution in [0.3, 0.4) is 0 Å². The monoisotopic (exact) mass is 336 g/mol. The first-order valence-corrected chi connectivity index (χ1v) is 6.96. The van der Waals surface area contributed by atoms with E-state index in [0.29, 0.717) is 15.8 Å². The van der Waals surface area contributed by atoms with Crippen LogP contribution in [0.2, 0.25) is 0 Å². The Balaban J connectivity index is 2.22. The Morgan fingerprint density at radius 2 is 1.65 bits per heavy atom. The maximum Gasteiger partial charge on any atom is 0.145 e. The van der Waals surface area contributed by atoms with Gasteiger partial charge in [0.2, 0.25) is 0 Å². The fourth-order valence-electron chi connectivity index (χ4n) is 1.70. The third kappa shape index (κ3) is 3.68. The fraction of sp³-hybridized carbons (Fsp3) is 0.125. The smallest absolute Gasteiger partial charge is 0.145 e. The van der Waals surface area contributed by atoms with Crippen LogP contribution >= 0.6 is 15.9 Å². The second-order valence-corrected chi connectivity index (χ2v) is 4.88. The molecule has 0 aliphatic rings. The summed E-state index contributed by atoms with van der Waals surface area (Å²) >= 11 is 3.29. The Bertz CT molecular complexity index is 579. The van der Waals surface area contributed by atoms with Crippen LogP contribution in [0.5, 0.6) is 5.75 Å². The summed E-state index contributed by atoms with van der Waals surface area (Å²) in [7, 11) is 0. The number of hydrogen-bond donors (Lipinski definition) is 1. The standard InChI is InChI=1S/C16H14BrFO2/c17-15(16(18)13-4-2-1-3-5-13)12-6-8-14(9-7-12)20-11-10-19/h1-9,19H,10-11H2/b16-15+. The Morgan fingerprint density at radius 1 is 1.00 bits per heavy atom. The molecule has 2 rings (SSSR count). The van der Waals surface area contributed by atoms with Crippen molar-refractivity contribution in [2.24, 2.45) is 0 Å². The lowest BCUT2D eigenvalue weighted by Crippen LogP contribution is -2.01. The molecule has 0 amide bonds. The van der Waals surface area contributed by atoms with Crippen LogP contribution in [-0.2, 0) is 0 Å². The van der Waals surface area contributed by atoms with Crippen molar-refractivity contribution in [1.29, 1.82) is 0 Å². The number of benzene rings is 2. The van der Waals surface area contributed by atoms with Gasteiger partial charge in [-0.25, -0.2) is 4.39 Å². The van der Waals surface area contributed by atoms with Gasteiger partial charge in [0.1, 0.15) is 18.2 Å². The molecule has 1 N–H and O–H groups in total. The minimum absolute atomic E-state index is 0.0337. The van der Waals surface area contributed by atoms with Crippen LogP contribution in [0.4, 0.5) is 4.39 Å². The van der Waals surface area contributed by atoms with Crippen LogP contribution < -0.4 is 4.74 Å². The van der Waals surface area contributed by atoms with Gasteiger partial charge in [-0.1, -0.05) is 42.5 Å². The first kappa shape index (κ1) is 14.8. The van der Waals surface area contributed by atoms with E-state index in [1.807, 2.05) is 6.07 Å². The number of rotatable bonds is 5. The highest BCUT2D eigenvalue weighted by atomic mass is 79.9. The first-order chi connectivity index (χ1) is 9.72. The van der Waals surface area contributed by atoms with Gasteiger partial charge >= 0.3 is 0 Å². The lowest BCUT2D eigenvalue weighted by atomic mass is 10.1. The van der Waals surface area contributed by atoms with Crippen molar-refractivity contribution in [3.05, 3.63) is 65.7 Å². The van der Waals surface area contributed by atoms with Gasteiger partial charge in [0.15, 0.2) is 0 Å². The summed E-state index contributed by atoms with van der Waals surface area (Å²) in [6.07, 6.45) is 0. The van der Waals surface area contributed by atoms with Gasteiger partial charge in [-0.05, 0) is 33.6 Å². The van der Waals surface area contributed by atoms with E-state index in [1.54, 1.807) is 48.5 Å². The fourth-order valence-corrected chi connectivity index (χ4v) is 2.19. The van der Waals surface area contributed by atoms with Crippen LogP contribution in [0.15, 0.2) is 54.6 Å². The Morgan fingerprint density at radius 3 is 2.25 bits per heavy atom. The number of aliphatic hydroxyl groups excluding tert-OH is 1. The van der Waals surface area contributed by atoms with Gasteiger partial charge in [-0.3, -0.25) is 0 Å².